The number of nitrogens with zero attached hydrogens (tertiary/aromatic N) is 1. The Bertz CT molecular complexity index is 699. The Hall–Kier alpha value is -1.92. The minimum atomic E-state index is -0.540. The van der Waals surface area contributed by atoms with Gasteiger partial charge in [-0.2, -0.15) is 0 Å². The van der Waals surface area contributed by atoms with Crippen molar-refractivity contribution in [2.24, 2.45) is 5.92 Å². The normalized spacial score (nSPS) is 17.8. The summed E-state index contributed by atoms with van der Waals surface area (Å²) in [6.45, 7) is 3.77. The molecule has 2 unspecified atom stereocenters. The number of thiazole rings is 1. The molecule has 0 aliphatic heterocycles. The molecular weight excluding hydrogens is 322 g/mol. The predicted octanol–water partition coefficient (Wildman–Crippen LogP) is 3.33. The van der Waals surface area contributed by atoms with E-state index in [0.717, 1.165) is 29.1 Å². The molecule has 1 aromatic carbocycles. The molecule has 2 aromatic rings. The molecule has 1 aliphatic rings. The van der Waals surface area contributed by atoms with Crippen molar-refractivity contribution in [1.82, 2.24) is 15.6 Å². The van der Waals surface area contributed by atoms with Gasteiger partial charge in [-0.1, -0.05) is 30.3 Å². The van der Waals surface area contributed by atoms with Crippen LogP contribution in [0, 0.1) is 5.92 Å². The van der Waals surface area contributed by atoms with Crippen molar-refractivity contribution in [2.75, 3.05) is 6.61 Å². The van der Waals surface area contributed by atoms with Crippen molar-refractivity contribution in [1.29, 1.82) is 0 Å². The van der Waals surface area contributed by atoms with Crippen molar-refractivity contribution in [3.63, 3.8) is 0 Å². The second-order valence-electron chi connectivity index (χ2n) is 6.61. The molecule has 1 heterocycles. The second-order valence-corrected chi connectivity index (χ2v) is 7.50. The van der Waals surface area contributed by atoms with Crippen LogP contribution in [0.3, 0.4) is 0 Å². The van der Waals surface area contributed by atoms with E-state index in [2.05, 4.69) is 15.6 Å². The highest BCUT2D eigenvalue weighted by molar-refractivity contribution is 7.10. The average Bonchev–Trinajstić information content (AvgIpc) is 3.33. The van der Waals surface area contributed by atoms with Gasteiger partial charge in [-0.3, -0.25) is 0 Å². The average molecular weight is 345 g/mol. The summed E-state index contributed by atoms with van der Waals surface area (Å²) in [6.07, 6.45) is 2.11. The molecule has 6 heteroatoms. The first-order valence-electron chi connectivity index (χ1n) is 8.22. The number of aliphatic hydroxyl groups is 1. The molecule has 0 radical (unpaired) electrons. The van der Waals surface area contributed by atoms with Gasteiger partial charge in [0.2, 0.25) is 0 Å². The first-order chi connectivity index (χ1) is 11.5. The zero-order valence-electron chi connectivity index (χ0n) is 14.0. The van der Waals surface area contributed by atoms with Gasteiger partial charge in [-0.15, -0.1) is 11.3 Å². The van der Waals surface area contributed by atoms with Gasteiger partial charge in [0.15, 0.2) is 0 Å². The fourth-order valence-electron chi connectivity index (χ4n) is 2.77. The van der Waals surface area contributed by atoms with Gasteiger partial charge in [0.25, 0.3) is 0 Å². The highest BCUT2D eigenvalue weighted by Crippen LogP contribution is 2.39. The van der Waals surface area contributed by atoms with Crippen LogP contribution in [0.2, 0.25) is 0 Å². The Balaban J connectivity index is 1.61. The number of hydrogen-bond acceptors (Lipinski definition) is 4. The molecule has 1 aromatic heterocycles. The van der Waals surface area contributed by atoms with Crippen LogP contribution < -0.4 is 10.6 Å². The summed E-state index contributed by atoms with van der Waals surface area (Å²) in [5.74, 6) is 0.369. The zero-order valence-corrected chi connectivity index (χ0v) is 14.8. The molecule has 0 spiro atoms. The fraction of sp³-hybridized carbons (Fsp3) is 0.444. The van der Waals surface area contributed by atoms with Gasteiger partial charge in [-0.25, -0.2) is 9.78 Å². The largest absolute Gasteiger partial charge is 0.394 e. The second kappa shape index (κ2) is 6.91. The summed E-state index contributed by atoms with van der Waals surface area (Å²) in [6, 6.07) is 9.53. The maximum atomic E-state index is 12.3. The van der Waals surface area contributed by atoms with E-state index in [-0.39, 0.29) is 18.7 Å². The topological polar surface area (TPSA) is 74.2 Å². The van der Waals surface area contributed by atoms with Gasteiger partial charge in [0.05, 0.1) is 23.9 Å². The molecule has 2 atom stereocenters. The minimum absolute atomic E-state index is 0.0468. The predicted molar refractivity (Wildman–Crippen MR) is 95.8 cm³/mol. The number of benzene rings is 1. The molecule has 0 bridgehead atoms. The maximum absolute atomic E-state index is 12.3. The first-order valence-corrected chi connectivity index (χ1v) is 9.10. The molecule has 128 valence electrons. The Kier molecular flexibility index (Phi) is 4.87. The summed E-state index contributed by atoms with van der Waals surface area (Å²) in [5, 5.41) is 18.3. The number of carbonyl (C=O) groups is 1. The number of rotatable bonds is 6. The molecule has 1 fully saturated rings. The summed E-state index contributed by atoms with van der Waals surface area (Å²) in [5.41, 5.74) is 1.45. The van der Waals surface area contributed by atoms with E-state index in [9.17, 15) is 9.90 Å². The first kappa shape index (κ1) is 16.9. The highest BCUT2D eigenvalue weighted by atomic mass is 32.1. The number of aliphatic hydroxyl groups excluding tert-OH is 1. The van der Waals surface area contributed by atoms with Crippen LogP contribution in [0.1, 0.15) is 37.7 Å². The molecule has 1 saturated carbocycles. The van der Waals surface area contributed by atoms with Gasteiger partial charge in [0.1, 0.15) is 5.01 Å². The van der Waals surface area contributed by atoms with E-state index in [1.54, 1.807) is 0 Å². The highest BCUT2D eigenvalue weighted by Gasteiger charge is 2.42. The van der Waals surface area contributed by atoms with Crippen molar-refractivity contribution in [3.8, 4) is 11.3 Å². The summed E-state index contributed by atoms with van der Waals surface area (Å²) in [4.78, 5) is 16.9. The van der Waals surface area contributed by atoms with Crippen LogP contribution >= 0.6 is 11.3 Å². The summed E-state index contributed by atoms with van der Waals surface area (Å²) < 4.78 is 0. The monoisotopic (exact) mass is 345 g/mol. The van der Waals surface area contributed by atoms with E-state index in [4.69, 9.17) is 0 Å². The molecule has 1 aliphatic carbocycles. The van der Waals surface area contributed by atoms with Crippen LogP contribution in [0.4, 0.5) is 4.79 Å². The lowest BCUT2D eigenvalue weighted by atomic mass is 9.97. The van der Waals surface area contributed by atoms with Crippen LogP contribution in [0.25, 0.3) is 11.3 Å². The third-order valence-electron chi connectivity index (χ3n) is 4.52. The van der Waals surface area contributed by atoms with Crippen LogP contribution in [-0.4, -0.2) is 28.3 Å². The quantitative estimate of drug-likeness (QED) is 0.752. The van der Waals surface area contributed by atoms with Gasteiger partial charge >= 0.3 is 6.03 Å². The van der Waals surface area contributed by atoms with Crippen molar-refractivity contribution < 1.29 is 9.90 Å². The maximum Gasteiger partial charge on any atom is 0.315 e. The third kappa shape index (κ3) is 3.76. The summed E-state index contributed by atoms with van der Waals surface area (Å²) >= 11 is 1.53. The van der Waals surface area contributed by atoms with Crippen molar-refractivity contribution >= 4 is 17.4 Å². The van der Waals surface area contributed by atoms with E-state index in [1.807, 2.05) is 49.6 Å². The lowest BCUT2D eigenvalue weighted by Gasteiger charge is -2.29. The lowest BCUT2D eigenvalue weighted by molar-refractivity contribution is 0.154. The fourth-order valence-corrected chi connectivity index (χ4v) is 3.61. The zero-order chi connectivity index (χ0) is 17.2. The van der Waals surface area contributed by atoms with E-state index in [1.165, 1.54) is 11.3 Å². The number of amides is 2. The van der Waals surface area contributed by atoms with Crippen molar-refractivity contribution in [3.05, 3.63) is 40.7 Å². The van der Waals surface area contributed by atoms with Gasteiger partial charge in [-0.05, 0) is 32.6 Å². The Morgan fingerprint density at radius 1 is 1.42 bits per heavy atom. The molecule has 3 N–H and O–H groups in total. The lowest BCUT2D eigenvalue weighted by Crippen LogP contribution is -2.54. The van der Waals surface area contributed by atoms with Crippen LogP contribution in [0.5, 0.6) is 0 Å². The summed E-state index contributed by atoms with van der Waals surface area (Å²) in [7, 11) is 0. The van der Waals surface area contributed by atoms with Crippen LogP contribution in [-0.2, 0) is 0 Å². The van der Waals surface area contributed by atoms with E-state index < -0.39 is 5.54 Å². The Labute approximate surface area is 146 Å². The molecule has 2 amide bonds. The van der Waals surface area contributed by atoms with E-state index >= 15 is 0 Å². The third-order valence-corrected chi connectivity index (χ3v) is 5.54. The van der Waals surface area contributed by atoms with Gasteiger partial charge in [0, 0.05) is 10.9 Å². The number of carbonyl (C=O) groups excluding carboxylic acids is 1. The minimum Gasteiger partial charge on any atom is -0.394 e. The Morgan fingerprint density at radius 2 is 2.12 bits per heavy atom. The molecule has 24 heavy (non-hydrogen) atoms. The molecule has 3 rings (SSSR count). The standard InChI is InChI=1S/C18H23N3O2S/c1-12(19-17(23)21-18(2,11-22)14-8-9-14)16-20-15(10-24-16)13-6-4-3-5-7-13/h3-7,10,12,14,22H,8-9,11H2,1-2H3,(H2,19,21,23). The molecule has 0 saturated heterocycles. The van der Waals surface area contributed by atoms with Crippen molar-refractivity contribution in [2.45, 2.75) is 38.3 Å². The van der Waals surface area contributed by atoms with Crippen LogP contribution in [0.15, 0.2) is 35.7 Å². The SMILES string of the molecule is CC(NC(=O)NC(C)(CO)C1CC1)c1nc(-c2ccccc2)cs1. The Morgan fingerprint density at radius 3 is 2.75 bits per heavy atom. The van der Waals surface area contributed by atoms with Gasteiger partial charge < -0.3 is 15.7 Å². The number of aromatic nitrogens is 1. The molecular formula is C18H23N3O2S. The number of urea groups is 1. The number of nitrogens with one attached hydrogen (secondary N) is 2. The number of hydrogen-bond donors (Lipinski definition) is 3. The smallest absolute Gasteiger partial charge is 0.315 e. The van der Waals surface area contributed by atoms with E-state index in [0.29, 0.717) is 5.92 Å². The molecule has 5 nitrogen and oxygen atoms in total.